The smallest absolute Gasteiger partial charge is 0.187 e. The summed E-state index contributed by atoms with van der Waals surface area (Å²) in [6.07, 6.45) is 4.81. The number of hydrogen-bond donors (Lipinski definition) is 0. The summed E-state index contributed by atoms with van der Waals surface area (Å²) >= 11 is 0. The largest absolute Gasteiger partial charge is 0.368 e. The molecular weight excluding hydrogens is 540 g/mol. The molecular formula is C37H42O6. The van der Waals surface area contributed by atoms with Crippen molar-refractivity contribution in [3.05, 3.63) is 108 Å². The van der Waals surface area contributed by atoms with Crippen LogP contribution in [-0.4, -0.2) is 42.9 Å². The van der Waals surface area contributed by atoms with Gasteiger partial charge in [0.2, 0.25) is 0 Å². The average Bonchev–Trinajstić information content (AvgIpc) is 3.03. The van der Waals surface area contributed by atoms with Crippen molar-refractivity contribution in [3.8, 4) is 0 Å². The van der Waals surface area contributed by atoms with Crippen LogP contribution in [0.5, 0.6) is 0 Å². The van der Waals surface area contributed by atoms with Crippen molar-refractivity contribution < 1.29 is 28.4 Å². The minimum absolute atomic E-state index is 0.145. The first-order valence-corrected chi connectivity index (χ1v) is 16.2. The molecule has 2 aliphatic heterocycles. The molecule has 0 amide bonds. The Balaban J connectivity index is 1.10. The molecule has 2 saturated heterocycles. The number of benzene rings is 3. The van der Waals surface area contributed by atoms with E-state index in [1.165, 1.54) is 19.3 Å². The van der Waals surface area contributed by atoms with Crippen LogP contribution in [0.3, 0.4) is 0 Å². The molecule has 4 saturated carbocycles. The second-order valence-corrected chi connectivity index (χ2v) is 13.5. The van der Waals surface area contributed by atoms with Crippen molar-refractivity contribution in [2.45, 2.75) is 94.3 Å². The maximum atomic E-state index is 7.20. The highest BCUT2D eigenvalue weighted by Crippen LogP contribution is 2.58. The van der Waals surface area contributed by atoms with Crippen LogP contribution in [0.1, 0.15) is 61.5 Å². The standard InChI is InChI=1S/C37H42O6/c1-4-10-25(11-5-1)22-38-33-32-31(24-40-35(42-32)30-14-8-3-9-15-30)41-36(34(33)39-23-26-12-6-2-7-13-26)43-37-19-27-16-28(20-37)18-29(17-27)21-37/h1-15,27-29,31-36H,16-24H2/t27?,28?,29?,31-,32-,33+,34+,35?,36-,37?/m1/s1. The number of rotatable bonds is 9. The zero-order valence-electron chi connectivity index (χ0n) is 24.7. The minimum atomic E-state index is -0.567. The third-order valence-corrected chi connectivity index (χ3v) is 10.3. The minimum Gasteiger partial charge on any atom is -0.368 e. The van der Waals surface area contributed by atoms with E-state index in [4.69, 9.17) is 28.4 Å². The van der Waals surface area contributed by atoms with Crippen molar-refractivity contribution >= 4 is 0 Å². The second kappa shape index (κ2) is 12.1. The van der Waals surface area contributed by atoms with Gasteiger partial charge < -0.3 is 28.4 Å². The Bertz CT molecular complexity index is 1300. The fraction of sp³-hybridized carbons (Fsp3) is 0.514. The van der Waals surface area contributed by atoms with Gasteiger partial charge in [-0.2, -0.15) is 0 Å². The Morgan fingerprint density at radius 3 is 1.74 bits per heavy atom. The molecule has 0 N–H and O–H groups in total. The van der Waals surface area contributed by atoms with Crippen LogP contribution in [0.25, 0.3) is 0 Å². The summed E-state index contributed by atoms with van der Waals surface area (Å²) in [6.45, 7) is 1.29. The molecule has 6 aliphatic rings. The lowest BCUT2D eigenvalue weighted by Gasteiger charge is -2.58. The maximum absolute atomic E-state index is 7.20. The van der Waals surface area contributed by atoms with Crippen LogP contribution in [0.2, 0.25) is 0 Å². The zero-order chi connectivity index (χ0) is 28.6. The first-order valence-electron chi connectivity index (χ1n) is 16.2. The second-order valence-electron chi connectivity index (χ2n) is 13.5. The Morgan fingerprint density at radius 2 is 1.16 bits per heavy atom. The van der Waals surface area contributed by atoms with E-state index >= 15 is 0 Å². The van der Waals surface area contributed by atoms with E-state index in [0.29, 0.717) is 19.8 Å². The highest BCUT2D eigenvalue weighted by molar-refractivity contribution is 5.18. The van der Waals surface area contributed by atoms with Crippen molar-refractivity contribution in [2.24, 2.45) is 17.8 Å². The molecule has 9 rings (SSSR count). The van der Waals surface area contributed by atoms with E-state index in [1.807, 2.05) is 66.7 Å². The quantitative estimate of drug-likeness (QED) is 0.271. The van der Waals surface area contributed by atoms with Gasteiger partial charge in [0.15, 0.2) is 12.6 Å². The maximum Gasteiger partial charge on any atom is 0.187 e. The average molecular weight is 583 g/mol. The Kier molecular flexibility index (Phi) is 7.84. The molecule has 0 spiro atoms. The monoisotopic (exact) mass is 582 g/mol. The summed E-state index contributed by atoms with van der Waals surface area (Å²) in [5.74, 6) is 2.30. The predicted molar refractivity (Wildman–Crippen MR) is 161 cm³/mol. The Labute approximate surface area is 254 Å². The number of ether oxygens (including phenoxy) is 6. The van der Waals surface area contributed by atoms with Crippen LogP contribution >= 0.6 is 0 Å². The van der Waals surface area contributed by atoms with E-state index < -0.39 is 24.8 Å². The summed E-state index contributed by atoms with van der Waals surface area (Å²) in [4.78, 5) is 0. The van der Waals surface area contributed by atoms with E-state index in [0.717, 1.165) is 53.7 Å². The number of hydrogen-bond acceptors (Lipinski definition) is 6. The molecule has 4 bridgehead atoms. The van der Waals surface area contributed by atoms with Crippen molar-refractivity contribution in [2.75, 3.05) is 6.61 Å². The summed E-state index contributed by atoms with van der Waals surface area (Å²) < 4.78 is 40.6. The molecule has 3 aromatic rings. The van der Waals surface area contributed by atoms with Crippen molar-refractivity contribution in [3.63, 3.8) is 0 Å². The zero-order valence-corrected chi connectivity index (χ0v) is 24.7. The number of fused-ring (bicyclic) bond motifs is 1. The van der Waals surface area contributed by atoms with Gasteiger partial charge in [-0.3, -0.25) is 0 Å². The van der Waals surface area contributed by atoms with Crippen molar-refractivity contribution in [1.82, 2.24) is 0 Å². The van der Waals surface area contributed by atoms with Gasteiger partial charge in [0, 0.05) is 5.56 Å². The molecule has 0 radical (unpaired) electrons. The topological polar surface area (TPSA) is 55.4 Å². The van der Waals surface area contributed by atoms with Crippen LogP contribution in [0, 0.1) is 17.8 Å². The lowest BCUT2D eigenvalue weighted by Crippen LogP contribution is -2.65. The molecule has 6 nitrogen and oxygen atoms in total. The fourth-order valence-electron chi connectivity index (χ4n) is 8.74. The molecule has 0 aromatic heterocycles. The summed E-state index contributed by atoms with van der Waals surface area (Å²) in [5.41, 5.74) is 3.05. The van der Waals surface area contributed by atoms with Gasteiger partial charge in [0.25, 0.3) is 0 Å². The predicted octanol–water partition coefficient (Wildman–Crippen LogP) is 6.98. The van der Waals surface area contributed by atoms with E-state index in [-0.39, 0.29) is 17.8 Å². The molecule has 3 aromatic carbocycles. The highest BCUT2D eigenvalue weighted by Gasteiger charge is 2.57. The molecule has 4 aliphatic carbocycles. The summed E-state index contributed by atoms with van der Waals surface area (Å²) in [7, 11) is 0. The highest BCUT2D eigenvalue weighted by atomic mass is 16.8. The Morgan fingerprint density at radius 1 is 0.628 bits per heavy atom. The lowest BCUT2D eigenvalue weighted by molar-refractivity contribution is -0.391. The molecule has 6 atom stereocenters. The molecule has 2 heterocycles. The molecule has 226 valence electrons. The SMILES string of the molecule is c1ccc(CO[C@@H]2[C@H](OCc3ccccc3)[C@@H](OC34CC5CC(CC(C5)C3)C4)O[C@@H]3COC(c4ccccc4)O[C@@H]23)cc1. The van der Waals surface area contributed by atoms with Gasteiger partial charge in [-0.15, -0.1) is 0 Å². The van der Waals surface area contributed by atoms with Gasteiger partial charge in [-0.05, 0) is 67.4 Å². The first kappa shape index (κ1) is 27.9. The molecule has 1 unspecified atom stereocenters. The fourth-order valence-corrected chi connectivity index (χ4v) is 8.74. The van der Waals surface area contributed by atoms with E-state index in [9.17, 15) is 0 Å². The van der Waals surface area contributed by atoms with Gasteiger partial charge >= 0.3 is 0 Å². The molecule has 43 heavy (non-hydrogen) atoms. The summed E-state index contributed by atoms with van der Waals surface area (Å²) in [6, 6.07) is 30.7. The van der Waals surface area contributed by atoms with Gasteiger partial charge in [0.05, 0.1) is 25.4 Å². The third kappa shape index (κ3) is 5.94. The van der Waals surface area contributed by atoms with Gasteiger partial charge in [-0.1, -0.05) is 91.0 Å². The molecule has 6 heteroatoms. The van der Waals surface area contributed by atoms with Gasteiger partial charge in [0.1, 0.15) is 24.4 Å². The van der Waals surface area contributed by atoms with Crippen LogP contribution < -0.4 is 0 Å². The van der Waals surface area contributed by atoms with E-state index in [1.54, 1.807) is 0 Å². The van der Waals surface area contributed by atoms with Crippen LogP contribution in [-0.2, 0) is 41.6 Å². The van der Waals surface area contributed by atoms with E-state index in [2.05, 4.69) is 24.3 Å². The normalized spacial score (nSPS) is 38.1. The van der Waals surface area contributed by atoms with Gasteiger partial charge in [-0.25, -0.2) is 0 Å². The van der Waals surface area contributed by atoms with Crippen LogP contribution in [0.15, 0.2) is 91.0 Å². The molecule has 6 fully saturated rings. The Hall–Kier alpha value is -2.58. The third-order valence-electron chi connectivity index (χ3n) is 10.3. The van der Waals surface area contributed by atoms with Crippen molar-refractivity contribution in [1.29, 1.82) is 0 Å². The summed E-state index contributed by atoms with van der Waals surface area (Å²) in [5, 5.41) is 0. The van der Waals surface area contributed by atoms with Crippen LogP contribution in [0.4, 0.5) is 0 Å². The first-order chi connectivity index (χ1) is 21.2. The lowest BCUT2D eigenvalue weighted by atomic mass is 9.54.